The van der Waals surface area contributed by atoms with Gasteiger partial charge in [0.25, 0.3) is 0 Å². The topological polar surface area (TPSA) is 128 Å². The van der Waals surface area contributed by atoms with Gasteiger partial charge in [-0.05, 0) is 261 Å². The molecule has 10 rings (SSSR count). The molecule has 0 aromatic heterocycles. The fourth-order valence-electron chi connectivity index (χ4n) is 18.3. The largest absolute Gasteiger partial charge is 0.511 e. The highest BCUT2D eigenvalue weighted by Gasteiger charge is 2.40. The minimum atomic E-state index is -0.594. The number of allylic oxidation sites excluding steroid dienone is 10. The second-order valence-electron chi connectivity index (χ2n) is 46.8. The van der Waals surface area contributed by atoms with E-state index in [1.807, 2.05) is 13.8 Å². The molecule has 3 aliphatic rings. The molecule has 4 unspecified atom stereocenters. The third-order valence-electron chi connectivity index (χ3n) is 25.4. The maximum absolute atomic E-state index is 12.5. The standard InChI is InChI=1S/C113H152N2O6/c1-68(2)84-55-74(57-86(98(84)116)104(5,6)7)47-70-35-41-82(42-36-70)115(97-46-40-73(50-77-62-92(110(23,24)25)102(120)93(63-77)111(26,27)28)52-81(97)54-79-65-94(112(29,30)31)103(121)95(66-79)113(32,33)34)67-114(83-43-37-71(38-44-83)48-75-58-88(106(11,12)13)100(118)89(59-75)107(14,15)16)96-45-39-72(49-76-60-90(108(17,18)19)101(119)91(61-76)109(20,21)22)51-80(96)53-78-56-85(69(3)4)99(117)87(64-78)105(8,9)10/h35-41,43-46,51-52,55-63,65-66,82,87-88,100,116-121H,1,3,42,47-50,53-54,64,67H2,2,4-34H3. The van der Waals surface area contributed by atoms with Gasteiger partial charge in [-0.15, -0.1) is 0 Å². The highest BCUT2D eigenvalue weighted by atomic mass is 16.3. The second-order valence-corrected chi connectivity index (χ2v) is 46.8. The molecule has 0 amide bonds. The maximum Gasteiger partial charge on any atom is 0.126 e. The molecule has 0 bridgehead atoms. The Morgan fingerprint density at radius 2 is 0.793 bits per heavy atom. The normalized spacial score (nSPS) is 17.5. The Kier molecular flexibility index (Phi) is 26.7. The molecule has 8 heteroatoms. The van der Waals surface area contributed by atoms with Gasteiger partial charge < -0.3 is 40.4 Å². The number of hydrogen-bond acceptors (Lipinski definition) is 8. The number of phenols is 4. The highest BCUT2D eigenvalue weighted by molar-refractivity contribution is 5.73. The number of nitrogens with zero attached hydrogens (tertiary/aromatic N) is 2. The molecule has 0 spiro atoms. The zero-order valence-electron chi connectivity index (χ0n) is 80.5. The molecule has 121 heavy (non-hydrogen) atoms. The number of phenolic OH excluding ortho intramolecular Hbond substituents is 4. The molecular formula is C113H152N2O6. The number of aromatic hydroxyl groups is 4. The van der Waals surface area contributed by atoms with Crippen LogP contribution >= 0.6 is 0 Å². The summed E-state index contributed by atoms with van der Waals surface area (Å²) >= 11 is 0. The van der Waals surface area contributed by atoms with Crippen LogP contribution in [0.15, 0.2) is 198 Å². The van der Waals surface area contributed by atoms with Crippen molar-refractivity contribution < 1.29 is 30.6 Å². The Hall–Kier alpha value is -8.98. The molecule has 0 aliphatic heterocycles. The molecule has 7 aromatic carbocycles. The monoisotopic (exact) mass is 1630 g/mol. The van der Waals surface area contributed by atoms with E-state index in [1.165, 1.54) is 16.7 Å². The molecule has 8 nitrogen and oxygen atoms in total. The molecule has 4 atom stereocenters. The molecule has 6 N–H and O–H groups in total. The number of hydrogen-bond donors (Lipinski definition) is 6. The van der Waals surface area contributed by atoms with Gasteiger partial charge in [0.1, 0.15) is 28.8 Å². The lowest BCUT2D eigenvalue weighted by Crippen LogP contribution is -2.43. The van der Waals surface area contributed by atoms with Crippen LogP contribution in [0.2, 0.25) is 0 Å². The van der Waals surface area contributed by atoms with Gasteiger partial charge in [0, 0.05) is 45.6 Å². The average Bonchev–Trinajstić information content (AvgIpc) is 0.776. The van der Waals surface area contributed by atoms with Crippen molar-refractivity contribution in [3.8, 4) is 23.0 Å². The molecule has 650 valence electrons. The van der Waals surface area contributed by atoms with Gasteiger partial charge >= 0.3 is 0 Å². The van der Waals surface area contributed by atoms with E-state index in [0.29, 0.717) is 81.0 Å². The van der Waals surface area contributed by atoms with Crippen LogP contribution in [0, 0.1) is 28.1 Å². The van der Waals surface area contributed by atoms with E-state index < -0.39 is 6.10 Å². The zero-order chi connectivity index (χ0) is 90.3. The van der Waals surface area contributed by atoms with Crippen LogP contribution in [0.4, 0.5) is 17.1 Å². The van der Waals surface area contributed by atoms with Crippen molar-refractivity contribution in [2.45, 2.75) is 323 Å². The SMILES string of the molecule is C=C(C)C1=C(O)C(C(C)(C)C)CC(Cc2cc(Cc3cc(C(C)(C)C)c(O)c(C(C)(C)C)c3)ccc2N(CN(c2ccc(Cc3cc(C(C)(C)C)c(O)c(C(C)(C)C)c3)cc2Cc2cc(C(C)(C)C)c(O)c(C(C)(C)C)c2)C2C=CC(Cc3cc(C(=C)C)c(O)c(C(C)(C)C)c3)=CC2)c2ccc(CC3=CC(C(C)(C)C)C(O)C(C(C)(C)C)=C3)cc2)=C1. The first-order valence-electron chi connectivity index (χ1n) is 44.6. The first-order valence-corrected chi connectivity index (χ1v) is 44.6. The minimum Gasteiger partial charge on any atom is -0.511 e. The predicted molar refractivity (Wildman–Crippen MR) is 517 cm³/mol. The number of rotatable bonds is 20. The Morgan fingerprint density at radius 1 is 0.397 bits per heavy atom. The predicted octanol–water partition coefficient (Wildman–Crippen LogP) is 28.9. The Morgan fingerprint density at radius 3 is 1.18 bits per heavy atom. The van der Waals surface area contributed by atoms with Crippen LogP contribution in [-0.2, 0) is 76.4 Å². The highest BCUT2D eigenvalue weighted by Crippen LogP contribution is 2.50. The van der Waals surface area contributed by atoms with Crippen molar-refractivity contribution in [1.82, 2.24) is 0 Å². The lowest BCUT2D eigenvalue weighted by atomic mass is 9.67. The number of anilines is 3. The van der Waals surface area contributed by atoms with Gasteiger partial charge in [0.15, 0.2) is 0 Å². The summed E-state index contributed by atoms with van der Waals surface area (Å²) in [6.45, 7) is 79.0. The Balaban J connectivity index is 1.28. The van der Waals surface area contributed by atoms with Crippen LogP contribution in [0.5, 0.6) is 23.0 Å². The average molecular weight is 1630 g/mol. The molecule has 0 radical (unpaired) electrons. The second kappa shape index (κ2) is 34.3. The molecule has 0 fully saturated rings. The van der Waals surface area contributed by atoms with Crippen LogP contribution < -0.4 is 9.80 Å². The minimum absolute atomic E-state index is 0.0734. The van der Waals surface area contributed by atoms with Gasteiger partial charge in [0.05, 0.1) is 18.8 Å². The van der Waals surface area contributed by atoms with Gasteiger partial charge in [0.2, 0.25) is 0 Å². The summed E-state index contributed by atoms with van der Waals surface area (Å²) in [5, 5.41) is 73.0. The van der Waals surface area contributed by atoms with E-state index in [-0.39, 0.29) is 77.8 Å². The molecular weight excluding hydrogens is 1480 g/mol. The van der Waals surface area contributed by atoms with Crippen LogP contribution in [0.3, 0.4) is 0 Å². The lowest BCUT2D eigenvalue weighted by molar-refractivity contribution is 0.0817. The maximum atomic E-state index is 12.5. The first-order chi connectivity index (χ1) is 55.4. The van der Waals surface area contributed by atoms with E-state index in [2.05, 4.69) is 376 Å². The molecule has 3 aliphatic carbocycles. The zero-order valence-corrected chi connectivity index (χ0v) is 80.5. The number of aliphatic hydroxyl groups is 2. The summed E-state index contributed by atoms with van der Waals surface area (Å²) in [4.78, 5) is 5.21. The first kappa shape index (κ1) is 94.3. The Labute approximate surface area is 731 Å². The van der Waals surface area contributed by atoms with Crippen molar-refractivity contribution in [2.24, 2.45) is 28.1 Å². The van der Waals surface area contributed by atoms with Crippen LogP contribution in [0.25, 0.3) is 5.57 Å². The molecule has 0 saturated carbocycles. The van der Waals surface area contributed by atoms with E-state index >= 15 is 0 Å². The van der Waals surface area contributed by atoms with Crippen molar-refractivity contribution in [3.63, 3.8) is 0 Å². The number of benzene rings is 7. The third kappa shape index (κ3) is 22.0. The number of aliphatic hydroxyl groups excluding tert-OH is 2. The lowest BCUT2D eigenvalue weighted by Gasteiger charge is -2.41. The van der Waals surface area contributed by atoms with E-state index in [4.69, 9.17) is 0 Å². The van der Waals surface area contributed by atoms with E-state index in [0.717, 1.165) is 134 Å². The van der Waals surface area contributed by atoms with Gasteiger partial charge in [-0.3, -0.25) is 0 Å². The third-order valence-corrected chi connectivity index (χ3v) is 25.4. The van der Waals surface area contributed by atoms with Crippen molar-refractivity contribution in [3.05, 3.63) is 293 Å². The molecule has 0 saturated heterocycles. The quantitative estimate of drug-likeness (QED) is 0.0417. The molecule has 0 heterocycles. The summed E-state index contributed by atoms with van der Waals surface area (Å²) in [6.07, 6.45) is 18.4. The fourth-order valence-corrected chi connectivity index (χ4v) is 18.3. The van der Waals surface area contributed by atoms with Crippen molar-refractivity contribution in [1.29, 1.82) is 0 Å². The summed E-state index contributed by atoms with van der Waals surface area (Å²) in [7, 11) is 0. The fraction of sp³-hybridized carbons (Fsp3) is 0.487. The summed E-state index contributed by atoms with van der Waals surface area (Å²) in [6, 6.07) is 41.0. The van der Waals surface area contributed by atoms with E-state index in [1.54, 1.807) is 0 Å². The van der Waals surface area contributed by atoms with Crippen molar-refractivity contribution >= 4 is 22.6 Å². The summed E-state index contributed by atoms with van der Waals surface area (Å²) in [5.41, 5.74) is 24.4. The summed E-state index contributed by atoms with van der Waals surface area (Å²) in [5.74, 6) is 1.51. The van der Waals surface area contributed by atoms with Gasteiger partial charge in [-0.25, -0.2) is 0 Å². The summed E-state index contributed by atoms with van der Waals surface area (Å²) < 4.78 is 0. The van der Waals surface area contributed by atoms with E-state index in [9.17, 15) is 30.6 Å². The smallest absolute Gasteiger partial charge is 0.126 e. The van der Waals surface area contributed by atoms with Crippen molar-refractivity contribution in [2.75, 3.05) is 16.5 Å². The van der Waals surface area contributed by atoms with Gasteiger partial charge in [-0.2, -0.15) is 0 Å². The van der Waals surface area contributed by atoms with Crippen LogP contribution in [0.1, 0.15) is 329 Å². The molecule has 7 aromatic rings. The van der Waals surface area contributed by atoms with Crippen LogP contribution in [-0.4, -0.2) is 49.5 Å². The Bertz CT molecular complexity index is 5160. The van der Waals surface area contributed by atoms with Gasteiger partial charge in [-0.1, -0.05) is 342 Å².